The molecule has 0 atom stereocenters. The maximum atomic E-state index is 5.90. The number of benzene rings is 1. The summed E-state index contributed by atoms with van der Waals surface area (Å²) in [6.45, 7) is 4.13. The molecule has 0 aliphatic carbocycles. The van der Waals surface area contributed by atoms with Gasteiger partial charge in [0, 0.05) is 14.9 Å². The van der Waals surface area contributed by atoms with Crippen LogP contribution < -0.4 is 5.73 Å². The monoisotopic (exact) mass is 273 g/mol. The lowest BCUT2D eigenvalue weighted by Crippen LogP contribution is -2.32. The Morgan fingerprint density at radius 2 is 1.86 bits per heavy atom. The summed E-state index contributed by atoms with van der Waals surface area (Å²) in [5, 5.41) is 0. The summed E-state index contributed by atoms with van der Waals surface area (Å²) in [7, 11) is 0. The normalized spacial score (nSPS) is 11.7. The molecule has 0 bridgehead atoms. The van der Waals surface area contributed by atoms with Crippen LogP contribution in [0.3, 0.4) is 0 Å². The summed E-state index contributed by atoms with van der Waals surface area (Å²) < 4.78 is 1.13. The number of hydrogen-bond acceptors (Lipinski definition) is 2. The Morgan fingerprint density at radius 3 is 2.36 bits per heavy atom. The van der Waals surface area contributed by atoms with Gasteiger partial charge in [-0.1, -0.05) is 15.9 Å². The Morgan fingerprint density at radius 1 is 1.29 bits per heavy atom. The third-order valence-corrected chi connectivity index (χ3v) is 3.37. The van der Waals surface area contributed by atoms with E-state index in [1.165, 1.54) is 4.90 Å². The van der Waals surface area contributed by atoms with Gasteiger partial charge in [0.1, 0.15) is 0 Å². The number of hydrogen-bond donors (Lipinski definition) is 1. The van der Waals surface area contributed by atoms with E-state index in [1.54, 1.807) is 0 Å². The molecule has 1 aromatic rings. The summed E-state index contributed by atoms with van der Waals surface area (Å²) in [4.78, 5) is 1.30. The van der Waals surface area contributed by atoms with Crippen molar-refractivity contribution >= 4 is 27.7 Å². The summed E-state index contributed by atoms with van der Waals surface area (Å²) in [5.41, 5.74) is 5.85. The van der Waals surface area contributed by atoms with Crippen LogP contribution in [0.5, 0.6) is 0 Å². The fraction of sp³-hybridized carbons (Fsp3) is 0.455. The van der Waals surface area contributed by atoms with Crippen LogP contribution >= 0.6 is 27.7 Å². The van der Waals surface area contributed by atoms with Crippen molar-refractivity contribution in [2.45, 2.75) is 30.7 Å². The molecule has 0 radical (unpaired) electrons. The zero-order valence-electron chi connectivity index (χ0n) is 8.59. The molecule has 2 N–H and O–H groups in total. The zero-order valence-corrected chi connectivity index (χ0v) is 11.0. The van der Waals surface area contributed by atoms with Crippen LogP contribution in [-0.2, 0) is 0 Å². The molecule has 1 rings (SSSR count). The fourth-order valence-electron chi connectivity index (χ4n) is 0.963. The summed E-state index contributed by atoms with van der Waals surface area (Å²) in [5.74, 6) is 1.07. The number of nitrogens with two attached hydrogens (primary N) is 1. The average molecular weight is 274 g/mol. The molecular weight excluding hydrogens is 258 g/mol. The highest BCUT2D eigenvalue weighted by Crippen LogP contribution is 2.22. The van der Waals surface area contributed by atoms with Crippen molar-refractivity contribution in [3.63, 3.8) is 0 Å². The molecule has 1 nitrogen and oxygen atoms in total. The Bertz CT molecular complexity index is 276. The maximum absolute atomic E-state index is 5.90. The third-order valence-electron chi connectivity index (χ3n) is 1.83. The smallest absolute Gasteiger partial charge is 0.0176 e. The quantitative estimate of drug-likeness (QED) is 0.848. The van der Waals surface area contributed by atoms with Crippen LogP contribution in [-0.4, -0.2) is 11.3 Å². The van der Waals surface area contributed by atoms with Gasteiger partial charge in [-0.25, -0.2) is 0 Å². The van der Waals surface area contributed by atoms with Gasteiger partial charge < -0.3 is 5.73 Å². The maximum Gasteiger partial charge on any atom is 0.0176 e. The van der Waals surface area contributed by atoms with E-state index < -0.39 is 0 Å². The third kappa shape index (κ3) is 5.03. The molecule has 0 saturated carbocycles. The first-order valence-electron chi connectivity index (χ1n) is 4.65. The van der Waals surface area contributed by atoms with E-state index in [0.29, 0.717) is 0 Å². The highest BCUT2D eigenvalue weighted by Gasteiger charge is 2.09. The molecular formula is C11H16BrNS. The summed E-state index contributed by atoms with van der Waals surface area (Å²) in [6.07, 6.45) is 1.04. The van der Waals surface area contributed by atoms with Crippen LogP contribution in [0.15, 0.2) is 33.6 Å². The second kappa shape index (κ2) is 5.19. The Kier molecular flexibility index (Phi) is 4.48. The molecule has 14 heavy (non-hydrogen) atoms. The number of halogens is 1. The Hall–Kier alpha value is 0.01000. The van der Waals surface area contributed by atoms with E-state index in [9.17, 15) is 0 Å². The van der Waals surface area contributed by atoms with Gasteiger partial charge in [0.15, 0.2) is 0 Å². The standard InChI is InChI=1S/C11H16BrNS/c1-11(2,13)7-8-14-10-5-3-9(12)4-6-10/h3-6H,7-8,13H2,1-2H3. The van der Waals surface area contributed by atoms with E-state index in [1.807, 2.05) is 11.8 Å². The molecule has 0 aliphatic rings. The molecule has 0 spiro atoms. The first-order chi connectivity index (χ1) is 6.47. The molecule has 1 aromatic carbocycles. The second-order valence-corrected chi connectivity index (χ2v) is 6.12. The van der Waals surface area contributed by atoms with Crippen LogP contribution in [0.4, 0.5) is 0 Å². The lowest BCUT2D eigenvalue weighted by atomic mass is 10.0. The largest absolute Gasteiger partial charge is 0.326 e. The van der Waals surface area contributed by atoms with E-state index in [0.717, 1.165) is 16.6 Å². The van der Waals surface area contributed by atoms with Gasteiger partial charge in [-0.2, -0.15) is 0 Å². The molecule has 0 amide bonds. The SMILES string of the molecule is CC(C)(N)CCSc1ccc(Br)cc1. The fourth-order valence-corrected chi connectivity index (χ4v) is 2.42. The topological polar surface area (TPSA) is 26.0 Å². The van der Waals surface area contributed by atoms with Gasteiger partial charge in [-0.15, -0.1) is 11.8 Å². The highest BCUT2D eigenvalue weighted by molar-refractivity contribution is 9.10. The van der Waals surface area contributed by atoms with Gasteiger partial charge in [0.2, 0.25) is 0 Å². The number of rotatable bonds is 4. The van der Waals surface area contributed by atoms with Crippen LogP contribution in [0, 0.1) is 0 Å². The Labute approximate surface area is 98.6 Å². The van der Waals surface area contributed by atoms with E-state index in [4.69, 9.17) is 5.73 Å². The lowest BCUT2D eigenvalue weighted by molar-refractivity contribution is 0.506. The van der Waals surface area contributed by atoms with Crippen molar-refractivity contribution in [1.82, 2.24) is 0 Å². The minimum absolute atomic E-state index is 0.0532. The lowest BCUT2D eigenvalue weighted by Gasteiger charge is -2.17. The van der Waals surface area contributed by atoms with E-state index in [2.05, 4.69) is 54.0 Å². The molecule has 0 fully saturated rings. The van der Waals surface area contributed by atoms with E-state index in [-0.39, 0.29) is 5.54 Å². The average Bonchev–Trinajstić information content (AvgIpc) is 2.06. The molecule has 3 heteroatoms. The van der Waals surface area contributed by atoms with Gasteiger partial charge in [0.25, 0.3) is 0 Å². The summed E-state index contributed by atoms with van der Waals surface area (Å²) >= 11 is 5.27. The van der Waals surface area contributed by atoms with Crippen LogP contribution in [0.1, 0.15) is 20.3 Å². The molecule has 0 unspecified atom stereocenters. The van der Waals surface area contributed by atoms with Crippen molar-refractivity contribution in [3.8, 4) is 0 Å². The van der Waals surface area contributed by atoms with Crippen molar-refractivity contribution in [1.29, 1.82) is 0 Å². The first kappa shape index (κ1) is 12.1. The predicted octanol–water partition coefficient (Wildman–Crippen LogP) is 3.67. The van der Waals surface area contributed by atoms with Crippen molar-refractivity contribution in [3.05, 3.63) is 28.7 Å². The van der Waals surface area contributed by atoms with Crippen molar-refractivity contribution < 1.29 is 0 Å². The highest BCUT2D eigenvalue weighted by atomic mass is 79.9. The van der Waals surface area contributed by atoms with Gasteiger partial charge in [-0.05, 0) is 50.3 Å². The van der Waals surface area contributed by atoms with Gasteiger partial charge in [0.05, 0.1) is 0 Å². The van der Waals surface area contributed by atoms with Crippen molar-refractivity contribution in [2.24, 2.45) is 5.73 Å². The molecule has 78 valence electrons. The minimum Gasteiger partial charge on any atom is -0.326 e. The Balaban J connectivity index is 2.35. The molecule has 0 heterocycles. The first-order valence-corrected chi connectivity index (χ1v) is 6.42. The summed E-state index contributed by atoms with van der Waals surface area (Å²) in [6, 6.07) is 8.38. The number of thioether (sulfide) groups is 1. The van der Waals surface area contributed by atoms with Gasteiger partial charge >= 0.3 is 0 Å². The minimum atomic E-state index is -0.0532. The predicted molar refractivity (Wildman–Crippen MR) is 67.7 cm³/mol. The van der Waals surface area contributed by atoms with Crippen molar-refractivity contribution in [2.75, 3.05) is 5.75 Å². The van der Waals surface area contributed by atoms with Gasteiger partial charge in [-0.3, -0.25) is 0 Å². The molecule has 0 aliphatic heterocycles. The second-order valence-electron chi connectivity index (χ2n) is 4.04. The van der Waals surface area contributed by atoms with Crippen LogP contribution in [0.25, 0.3) is 0 Å². The molecule has 0 aromatic heterocycles. The van der Waals surface area contributed by atoms with E-state index >= 15 is 0 Å². The van der Waals surface area contributed by atoms with Crippen LogP contribution in [0.2, 0.25) is 0 Å². The molecule has 0 saturated heterocycles. The zero-order chi connectivity index (χ0) is 10.6.